The van der Waals surface area contributed by atoms with Crippen LogP contribution in [0.15, 0.2) is 0 Å². The Kier molecular flexibility index (Phi) is 4470. The summed E-state index contributed by atoms with van der Waals surface area (Å²) in [6.45, 7) is 0. The summed E-state index contributed by atoms with van der Waals surface area (Å²) in [7, 11) is 0. The third-order valence-electron chi connectivity index (χ3n) is 0. The maximum Gasteiger partial charge on any atom is 0 e. The third kappa shape index (κ3) is 68.8. The Balaban J connectivity index is 0. The summed E-state index contributed by atoms with van der Waals surface area (Å²) in [6, 6.07) is 0. The molecule has 0 atom stereocenters. The number of hydrogen-bond donors (Lipinski definition) is 0. The minimum absolute atomic E-state index is 0. The summed E-state index contributed by atoms with van der Waals surface area (Å²) in [5.74, 6) is 0. The summed E-state index contributed by atoms with van der Waals surface area (Å²) in [5.41, 5.74) is 0. The van der Waals surface area contributed by atoms with Crippen molar-refractivity contribution in [3.8, 4) is 0 Å². The van der Waals surface area contributed by atoms with Crippen LogP contribution >= 0.6 is 0 Å². The molecule has 0 rings (SSSR count). The van der Waals surface area contributed by atoms with Crippen molar-refractivity contribution in [3.63, 3.8) is 0 Å². The first kappa shape index (κ1) is 211. The van der Waals surface area contributed by atoms with Crippen LogP contribution in [0.4, 0.5) is 0 Å². The first-order valence-corrected chi connectivity index (χ1v) is 0. The molecule has 0 aromatic carbocycles. The molecular weight excluding hydrogens is 167 g/mol. The molecule has 0 aromatic heterocycles. The van der Waals surface area contributed by atoms with Gasteiger partial charge in [-0.25, -0.2) is 0 Å². The van der Waals surface area contributed by atoms with Crippen LogP contribution in [0.3, 0.4) is 0 Å². The topological polar surface area (TPSA) is 124 Å². The molecule has 0 spiro atoms. The van der Waals surface area contributed by atoms with Crippen molar-refractivity contribution in [2.75, 3.05) is 0 Å². The van der Waals surface area contributed by atoms with Crippen LogP contribution in [0.1, 0.15) is 0 Å². The molecule has 0 amide bonds. The first-order chi connectivity index (χ1) is 0. The van der Waals surface area contributed by atoms with Crippen LogP contribution in [-0.4, -0.2) is 40.8 Å². The Hall–Kier alpha value is 1.13. The van der Waals surface area contributed by atoms with E-state index in [2.05, 4.69) is 0 Å². The van der Waals surface area contributed by atoms with Crippen LogP contribution in [0.2, 0.25) is 0 Å². The Morgan fingerprint density at radius 3 is 0.667 bits per heavy atom. The minimum Gasteiger partial charge on any atom is -0.870 e. The molecule has 0 saturated heterocycles. The predicted molar refractivity (Wildman–Crippen MR) is 18.5 cm³/mol. The van der Waals surface area contributed by atoms with Gasteiger partial charge in [0, 0.05) is 39.9 Å². The minimum atomic E-state index is 0. The summed E-state index contributed by atoms with van der Waals surface area (Å²) in [4.78, 5) is 0. The fraction of sp³-hybridized carbons (Fsp3) is 0. The second-order valence-corrected chi connectivity index (χ2v) is 0. The maximum atomic E-state index is 0. The molecule has 0 aromatic rings. The van der Waals surface area contributed by atoms with E-state index in [-0.39, 0.29) is 61.8 Å². The van der Waals surface area contributed by atoms with Gasteiger partial charge in [0.15, 0.2) is 0 Å². The van der Waals surface area contributed by atoms with Crippen molar-refractivity contribution in [3.05, 3.63) is 0 Å². The molecular formula is H7LiMoO4-. The Bertz CT molecular complexity index is 7.51. The summed E-state index contributed by atoms with van der Waals surface area (Å²) in [6.07, 6.45) is 0. The zero-order valence-electron chi connectivity index (χ0n) is 3.36. The molecule has 0 bridgehead atoms. The molecule has 39 valence electrons. The van der Waals surface area contributed by atoms with Gasteiger partial charge in [0.05, 0.1) is 0 Å². The van der Waals surface area contributed by atoms with E-state index < -0.39 is 0 Å². The molecule has 4 nitrogen and oxygen atoms in total. The number of rotatable bonds is 0. The van der Waals surface area contributed by atoms with E-state index >= 15 is 0 Å². The van der Waals surface area contributed by atoms with Gasteiger partial charge in [-0.2, -0.15) is 0 Å². The zero-order valence-corrected chi connectivity index (χ0v) is 5.36. The average molecular weight is 174 g/mol. The maximum absolute atomic E-state index is 0. The van der Waals surface area contributed by atoms with E-state index in [1.807, 2.05) is 0 Å². The van der Waals surface area contributed by atoms with Crippen LogP contribution in [0, 0.1) is 0 Å². The smallest absolute Gasteiger partial charge is 0 e. The van der Waals surface area contributed by atoms with E-state index in [0.717, 1.165) is 0 Å². The quantitative estimate of drug-likeness (QED) is 0.355. The van der Waals surface area contributed by atoms with Gasteiger partial charge in [0.1, 0.15) is 0 Å². The molecule has 0 heterocycles. The Morgan fingerprint density at radius 1 is 0.667 bits per heavy atom. The molecule has 7 N–H and O–H groups in total. The fourth-order valence-electron chi connectivity index (χ4n) is 0. The van der Waals surface area contributed by atoms with Crippen LogP contribution < -0.4 is 0 Å². The van der Waals surface area contributed by atoms with Crippen molar-refractivity contribution in [2.45, 2.75) is 0 Å². The molecule has 0 fully saturated rings. The van der Waals surface area contributed by atoms with Gasteiger partial charge < -0.3 is 21.9 Å². The van der Waals surface area contributed by atoms with Crippen molar-refractivity contribution in [1.82, 2.24) is 0 Å². The number of hydrogen-bond acceptors (Lipinski definition) is 1. The standard InChI is InChI=1S/Li.Mo.4H2O/h;;4*1H2/p-1. The molecule has 0 unspecified atom stereocenters. The normalized spacial score (nSPS) is 0. The Labute approximate surface area is 62.0 Å². The van der Waals surface area contributed by atoms with Crippen LogP contribution in [0.5, 0.6) is 0 Å². The monoisotopic (exact) mass is 176 g/mol. The second kappa shape index (κ2) is 127. The predicted octanol–water partition coefficient (Wildman–Crippen LogP) is -3.03. The van der Waals surface area contributed by atoms with Crippen molar-refractivity contribution in [2.24, 2.45) is 0 Å². The zero-order chi connectivity index (χ0) is 0. The fourth-order valence-corrected chi connectivity index (χ4v) is 0. The van der Waals surface area contributed by atoms with Gasteiger partial charge in [-0.15, -0.1) is 0 Å². The molecule has 6 heavy (non-hydrogen) atoms. The van der Waals surface area contributed by atoms with E-state index in [9.17, 15) is 0 Å². The average Bonchev–Trinajstić information content (AvgIpc) is 0. The van der Waals surface area contributed by atoms with Crippen LogP contribution in [-0.2, 0) is 21.1 Å². The third-order valence-corrected chi connectivity index (χ3v) is 0. The second-order valence-electron chi connectivity index (χ2n) is 0. The van der Waals surface area contributed by atoms with E-state index in [0.29, 0.717) is 0 Å². The summed E-state index contributed by atoms with van der Waals surface area (Å²) >= 11 is 0. The molecule has 0 aliphatic carbocycles. The molecule has 0 aliphatic heterocycles. The molecule has 6 heteroatoms. The van der Waals surface area contributed by atoms with E-state index in [1.54, 1.807) is 0 Å². The van der Waals surface area contributed by atoms with E-state index in [4.69, 9.17) is 0 Å². The van der Waals surface area contributed by atoms with Gasteiger partial charge in [-0.1, -0.05) is 0 Å². The van der Waals surface area contributed by atoms with Gasteiger partial charge >= 0.3 is 0 Å². The SMILES string of the molecule is O.O.O.[Li].[Mo].[OH-]. The first-order valence-electron chi connectivity index (χ1n) is 0. The van der Waals surface area contributed by atoms with Gasteiger partial charge in [-0.05, 0) is 0 Å². The van der Waals surface area contributed by atoms with Gasteiger partial charge in [-0.3, -0.25) is 0 Å². The van der Waals surface area contributed by atoms with Crippen molar-refractivity contribution >= 4 is 18.9 Å². The molecule has 1 radical (unpaired) electrons. The van der Waals surface area contributed by atoms with Gasteiger partial charge in [0.25, 0.3) is 0 Å². The van der Waals surface area contributed by atoms with Crippen molar-refractivity contribution in [1.29, 1.82) is 0 Å². The summed E-state index contributed by atoms with van der Waals surface area (Å²) in [5, 5.41) is 0. The van der Waals surface area contributed by atoms with Crippen molar-refractivity contribution < 1.29 is 43.0 Å². The van der Waals surface area contributed by atoms with E-state index in [1.165, 1.54) is 0 Å². The molecule has 0 aliphatic rings. The Morgan fingerprint density at radius 2 is 0.667 bits per heavy atom. The largest absolute Gasteiger partial charge is 0.870 e. The molecule has 0 saturated carbocycles. The van der Waals surface area contributed by atoms with Gasteiger partial charge in [0.2, 0.25) is 0 Å². The van der Waals surface area contributed by atoms with Crippen LogP contribution in [0.25, 0.3) is 0 Å². The summed E-state index contributed by atoms with van der Waals surface area (Å²) < 4.78 is 0.